The first-order valence-electron chi connectivity index (χ1n) is 5.19. The molecule has 2 rings (SSSR count). The minimum Gasteiger partial charge on any atom is -0.496 e. The molecule has 2 N–H and O–H groups in total. The third kappa shape index (κ3) is 2.39. The van der Waals surface area contributed by atoms with E-state index in [1.807, 2.05) is 6.08 Å². The van der Waals surface area contributed by atoms with Gasteiger partial charge in [-0.05, 0) is 30.2 Å². The monoisotopic (exact) mass is 225 g/mol. The third-order valence-electron chi connectivity index (χ3n) is 2.54. The second-order valence-corrected chi connectivity index (χ2v) is 3.80. The summed E-state index contributed by atoms with van der Waals surface area (Å²) in [6, 6.07) is 3.53. The summed E-state index contributed by atoms with van der Waals surface area (Å²) in [5.74, 6) is -0.940. The van der Waals surface area contributed by atoms with Crippen molar-refractivity contribution in [3.05, 3.63) is 47.2 Å². The van der Waals surface area contributed by atoms with E-state index in [2.05, 4.69) is 0 Å². The van der Waals surface area contributed by atoms with Crippen molar-refractivity contribution >= 4 is 0 Å². The maximum atomic E-state index is 12.9. The highest BCUT2D eigenvalue weighted by Crippen LogP contribution is 2.17. The van der Waals surface area contributed by atoms with E-state index in [9.17, 15) is 8.78 Å². The maximum absolute atomic E-state index is 12.9. The van der Waals surface area contributed by atoms with Crippen molar-refractivity contribution in [1.82, 2.24) is 0 Å². The van der Waals surface area contributed by atoms with E-state index < -0.39 is 11.6 Å². The zero-order valence-corrected chi connectivity index (χ0v) is 8.75. The standard InChI is InChI=1S/C12H13F2NO/c13-9-4-3-8(6-10(9)14)7-11(15)12-2-1-5-16-12/h2-4,6,11H,1,5,7,15H2. The SMILES string of the molecule is NC(Cc1ccc(F)c(F)c1)C1=CCCO1. The molecule has 1 atom stereocenters. The van der Waals surface area contributed by atoms with Crippen molar-refractivity contribution in [2.45, 2.75) is 18.9 Å². The Balaban J connectivity index is 2.05. The fourth-order valence-corrected chi connectivity index (χ4v) is 1.72. The van der Waals surface area contributed by atoms with Crippen LogP contribution in [0.25, 0.3) is 0 Å². The molecule has 0 aliphatic carbocycles. The van der Waals surface area contributed by atoms with Crippen LogP contribution < -0.4 is 5.73 Å². The molecule has 0 amide bonds. The Morgan fingerprint density at radius 3 is 2.75 bits per heavy atom. The molecule has 0 spiro atoms. The van der Waals surface area contributed by atoms with Crippen molar-refractivity contribution < 1.29 is 13.5 Å². The summed E-state index contributed by atoms with van der Waals surface area (Å²) >= 11 is 0. The van der Waals surface area contributed by atoms with E-state index >= 15 is 0 Å². The van der Waals surface area contributed by atoms with Crippen LogP contribution in [-0.4, -0.2) is 12.6 Å². The lowest BCUT2D eigenvalue weighted by molar-refractivity contribution is 0.224. The second-order valence-electron chi connectivity index (χ2n) is 3.80. The number of nitrogens with two attached hydrogens (primary N) is 1. The maximum Gasteiger partial charge on any atom is 0.159 e. The molecule has 1 aliphatic heterocycles. The lowest BCUT2D eigenvalue weighted by Gasteiger charge is -2.13. The minimum atomic E-state index is -0.842. The summed E-state index contributed by atoms with van der Waals surface area (Å²) < 4.78 is 30.9. The fraction of sp³-hybridized carbons (Fsp3) is 0.333. The molecule has 1 aromatic carbocycles. The molecule has 86 valence electrons. The van der Waals surface area contributed by atoms with Gasteiger partial charge in [0.25, 0.3) is 0 Å². The van der Waals surface area contributed by atoms with Gasteiger partial charge in [-0.2, -0.15) is 0 Å². The van der Waals surface area contributed by atoms with Crippen molar-refractivity contribution in [1.29, 1.82) is 0 Å². The average Bonchev–Trinajstić information content (AvgIpc) is 2.77. The smallest absolute Gasteiger partial charge is 0.159 e. The average molecular weight is 225 g/mol. The fourth-order valence-electron chi connectivity index (χ4n) is 1.72. The Morgan fingerprint density at radius 2 is 2.12 bits per heavy atom. The lowest BCUT2D eigenvalue weighted by atomic mass is 10.0. The summed E-state index contributed by atoms with van der Waals surface area (Å²) in [6.07, 6.45) is 3.24. The molecular weight excluding hydrogens is 212 g/mol. The zero-order chi connectivity index (χ0) is 11.5. The molecule has 0 saturated carbocycles. The number of hydrogen-bond acceptors (Lipinski definition) is 2. The first-order valence-corrected chi connectivity index (χ1v) is 5.19. The molecule has 0 bridgehead atoms. The van der Waals surface area contributed by atoms with Crippen LogP contribution in [0.5, 0.6) is 0 Å². The van der Waals surface area contributed by atoms with Crippen molar-refractivity contribution in [2.24, 2.45) is 5.73 Å². The summed E-state index contributed by atoms with van der Waals surface area (Å²) in [5, 5.41) is 0. The summed E-state index contributed by atoms with van der Waals surface area (Å²) in [7, 11) is 0. The van der Waals surface area contributed by atoms with Gasteiger partial charge in [0.1, 0.15) is 5.76 Å². The second kappa shape index (κ2) is 4.61. The van der Waals surface area contributed by atoms with Gasteiger partial charge in [-0.15, -0.1) is 0 Å². The van der Waals surface area contributed by atoms with Crippen LogP contribution >= 0.6 is 0 Å². The van der Waals surface area contributed by atoms with Crippen LogP contribution in [-0.2, 0) is 11.2 Å². The van der Waals surface area contributed by atoms with Crippen LogP contribution in [0.1, 0.15) is 12.0 Å². The van der Waals surface area contributed by atoms with E-state index in [4.69, 9.17) is 10.5 Å². The van der Waals surface area contributed by atoms with Gasteiger partial charge in [0.05, 0.1) is 12.6 Å². The van der Waals surface area contributed by atoms with E-state index in [1.165, 1.54) is 12.1 Å². The van der Waals surface area contributed by atoms with E-state index in [0.717, 1.165) is 18.2 Å². The molecular formula is C12H13F2NO. The molecule has 1 aliphatic rings. The quantitative estimate of drug-likeness (QED) is 0.855. The lowest BCUT2D eigenvalue weighted by Crippen LogP contribution is -2.25. The first-order chi connectivity index (χ1) is 7.66. The number of hydrogen-bond donors (Lipinski definition) is 1. The van der Waals surface area contributed by atoms with Gasteiger partial charge in [-0.25, -0.2) is 8.78 Å². The predicted molar refractivity (Wildman–Crippen MR) is 56.7 cm³/mol. The predicted octanol–water partition coefficient (Wildman–Crippen LogP) is 2.14. The Bertz CT molecular complexity index is 417. The van der Waals surface area contributed by atoms with E-state index in [-0.39, 0.29) is 6.04 Å². The van der Waals surface area contributed by atoms with Gasteiger partial charge in [0.2, 0.25) is 0 Å². The van der Waals surface area contributed by atoms with Crippen LogP contribution in [0, 0.1) is 11.6 Å². The zero-order valence-electron chi connectivity index (χ0n) is 8.75. The first kappa shape index (κ1) is 11.1. The Kier molecular flexibility index (Phi) is 3.19. The number of benzene rings is 1. The van der Waals surface area contributed by atoms with E-state index in [0.29, 0.717) is 18.6 Å². The molecule has 2 nitrogen and oxygen atoms in total. The van der Waals surface area contributed by atoms with Crippen LogP contribution in [0.15, 0.2) is 30.0 Å². The molecule has 0 saturated heterocycles. The van der Waals surface area contributed by atoms with Gasteiger partial charge in [-0.1, -0.05) is 6.07 Å². The minimum absolute atomic E-state index is 0.285. The van der Waals surface area contributed by atoms with Crippen molar-refractivity contribution in [2.75, 3.05) is 6.61 Å². The molecule has 0 aromatic heterocycles. The Hall–Kier alpha value is -1.42. The summed E-state index contributed by atoms with van der Waals surface area (Å²) in [4.78, 5) is 0. The largest absolute Gasteiger partial charge is 0.496 e. The van der Waals surface area contributed by atoms with Gasteiger partial charge < -0.3 is 10.5 Å². The molecule has 1 aromatic rings. The number of ether oxygens (including phenoxy) is 1. The number of halogens is 2. The topological polar surface area (TPSA) is 35.2 Å². The molecule has 1 unspecified atom stereocenters. The van der Waals surface area contributed by atoms with Gasteiger partial charge in [0.15, 0.2) is 11.6 Å². The molecule has 4 heteroatoms. The van der Waals surface area contributed by atoms with Gasteiger partial charge in [0, 0.05) is 6.42 Å². The molecule has 1 heterocycles. The van der Waals surface area contributed by atoms with Crippen LogP contribution in [0.4, 0.5) is 8.78 Å². The molecule has 0 fully saturated rings. The Labute approximate surface area is 92.7 Å². The highest BCUT2D eigenvalue weighted by atomic mass is 19.2. The highest BCUT2D eigenvalue weighted by Gasteiger charge is 2.15. The van der Waals surface area contributed by atoms with Crippen molar-refractivity contribution in [3.63, 3.8) is 0 Å². The number of rotatable bonds is 3. The normalized spacial score (nSPS) is 16.8. The van der Waals surface area contributed by atoms with Gasteiger partial charge in [-0.3, -0.25) is 0 Å². The van der Waals surface area contributed by atoms with Crippen molar-refractivity contribution in [3.8, 4) is 0 Å². The summed E-state index contributed by atoms with van der Waals surface area (Å²) in [5.41, 5.74) is 6.56. The van der Waals surface area contributed by atoms with Crippen LogP contribution in [0.3, 0.4) is 0 Å². The summed E-state index contributed by atoms with van der Waals surface area (Å²) in [6.45, 7) is 0.654. The Morgan fingerprint density at radius 1 is 1.31 bits per heavy atom. The third-order valence-corrected chi connectivity index (χ3v) is 2.54. The highest BCUT2D eigenvalue weighted by molar-refractivity contribution is 5.21. The molecule has 16 heavy (non-hydrogen) atoms. The van der Waals surface area contributed by atoms with E-state index in [1.54, 1.807) is 0 Å². The van der Waals surface area contributed by atoms with Crippen LogP contribution in [0.2, 0.25) is 0 Å². The molecule has 0 radical (unpaired) electrons. The van der Waals surface area contributed by atoms with Gasteiger partial charge >= 0.3 is 0 Å².